The highest BCUT2D eigenvalue weighted by molar-refractivity contribution is 5.85. The van der Waals surface area contributed by atoms with Crippen LogP contribution in [0.15, 0.2) is 30.3 Å². The van der Waals surface area contributed by atoms with Crippen molar-refractivity contribution in [1.29, 1.82) is 0 Å². The molecule has 0 aromatic heterocycles. The van der Waals surface area contributed by atoms with Gasteiger partial charge in [-0.25, -0.2) is 0 Å². The number of hydrogen-bond acceptors (Lipinski definition) is 3. The van der Waals surface area contributed by atoms with E-state index < -0.39 is 0 Å². The topological polar surface area (TPSA) is 35.6 Å². The Labute approximate surface area is 127 Å². The quantitative estimate of drug-likeness (QED) is 0.918. The van der Waals surface area contributed by atoms with Crippen LogP contribution in [0.25, 0.3) is 0 Å². The molecule has 114 valence electrons. The minimum atomic E-state index is -0.151. The van der Waals surface area contributed by atoms with E-state index >= 15 is 0 Å². The molecule has 1 atom stereocenters. The van der Waals surface area contributed by atoms with Gasteiger partial charge in [0.25, 0.3) is 0 Å². The first-order valence-electron chi connectivity index (χ1n) is 8.07. The summed E-state index contributed by atoms with van der Waals surface area (Å²) in [6, 6.07) is 9.88. The summed E-state index contributed by atoms with van der Waals surface area (Å²) in [6.07, 6.45) is 2.43. The lowest BCUT2D eigenvalue weighted by Crippen LogP contribution is -2.39. The molecule has 0 radical (unpaired) electrons. The predicted molar refractivity (Wildman–Crippen MR) is 83.7 cm³/mol. The van der Waals surface area contributed by atoms with Crippen LogP contribution in [0.4, 0.5) is 0 Å². The third-order valence-corrected chi connectivity index (χ3v) is 4.81. The first kappa shape index (κ1) is 14.5. The average molecular weight is 287 g/mol. The van der Waals surface area contributed by atoms with Gasteiger partial charge in [0, 0.05) is 6.54 Å². The fraction of sp³-hybridized carbons (Fsp3) is 0.588. The summed E-state index contributed by atoms with van der Waals surface area (Å²) in [5.74, 6) is 0.896. The summed E-state index contributed by atoms with van der Waals surface area (Å²) < 4.78 is 0. The zero-order valence-corrected chi connectivity index (χ0v) is 12.8. The lowest BCUT2D eigenvalue weighted by Gasteiger charge is -2.33. The number of hydrogen-bond donors (Lipinski definition) is 1. The Morgan fingerprint density at radius 3 is 2.57 bits per heavy atom. The molecule has 2 heterocycles. The Hall–Kier alpha value is -1.39. The summed E-state index contributed by atoms with van der Waals surface area (Å²) in [4.78, 5) is 17.1. The highest BCUT2D eigenvalue weighted by Crippen LogP contribution is 2.24. The van der Waals surface area contributed by atoms with E-state index in [0.717, 1.165) is 18.7 Å². The van der Waals surface area contributed by atoms with Gasteiger partial charge in [0.15, 0.2) is 0 Å². The zero-order valence-electron chi connectivity index (χ0n) is 12.8. The van der Waals surface area contributed by atoms with E-state index in [9.17, 15) is 4.79 Å². The van der Waals surface area contributed by atoms with Crippen LogP contribution in [0.1, 0.15) is 31.4 Å². The van der Waals surface area contributed by atoms with Crippen LogP contribution in [-0.2, 0) is 4.79 Å². The molecule has 1 aromatic carbocycles. The molecule has 1 unspecified atom stereocenters. The second-order valence-corrected chi connectivity index (χ2v) is 6.14. The molecule has 4 nitrogen and oxygen atoms in total. The van der Waals surface area contributed by atoms with Gasteiger partial charge in [0.1, 0.15) is 6.04 Å². The van der Waals surface area contributed by atoms with Crippen molar-refractivity contribution in [2.45, 2.75) is 25.8 Å². The molecule has 2 aliphatic rings. The smallest absolute Gasteiger partial charge is 0.245 e. The number of amides is 1. The van der Waals surface area contributed by atoms with Crippen molar-refractivity contribution in [2.24, 2.45) is 5.92 Å². The van der Waals surface area contributed by atoms with Crippen LogP contribution < -0.4 is 5.32 Å². The van der Waals surface area contributed by atoms with Crippen molar-refractivity contribution in [3.05, 3.63) is 35.9 Å². The Kier molecular flexibility index (Phi) is 4.56. The number of carbonyl (C=O) groups excluding carboxylic acids is 1. The second-order valence-electron chi connectivity index (χ2n) is 6.14. The molecule has 2 saturated heterocycles. The van der Waals surface area contributed by atoms with Gasteiger partial charge in [-0.2, -0.15) is 0 Å². The maximum Gasteiger partial charge on any atom is 0.245 e. The van der Waals surface area contributed by atoms with Crippen molar-refractivity contribution in [3.63, 3.8) is 0 Å². The van der Waals surface area contributed by atoms with Crippen molar-refractivity contribution in [3.8, 4) is 0 Å². The van der Waals surface area contributed by atoms with Gasteiger partial charge >= 0.3 is 0 Å². The summed E-state index contributed by atoms with van der Waals surface area (Å²) >= 11 is 0. The molecule has 2 fully saturated rings. The molecule has 0 bridgehead atoms. The molecule has 21 heavy (non-hydrogen) atoms. The third kappa shape index (κ3) is 3.27. The number of nitrogens with one attached hydrogen (secondary N) is 1. The summed E-state index contributed by atoms with van der Waals surface area (Å²) in [5, 5.41) is 3.35. The van der Waals surface area contributed by atoms with Crippen LogP contribution in [-0.4, -0.2) is 48.6 Å². The van der Waals surface area contributed by atoms with Gasteiger partial charge in [0.05, 0.1) is 6.67 Å². The van der Waals surface area contributed by atoms with Crippen molar-refractivity contribution < 1.29 is 4.79 Å². The van der Waals surface area contributed by atoms with E-state index in [0.29, 0.717) is 12.6 Å². The number of rotatable bonds is 4. The molecule has 0 saturated carbocycles. The third-order valence-electron chi connectivity index (χ3n) is 4.81. The number of carbonyl (C=O) groups is 1. The predicted octanol–water partition coefficient (Wildman–Crippen LogP) is 1.85. The minimum Gasteiger partial charge on any atom is -0.328 e. The van der Waals surface area contributed by atoms with E-state index in [1.54, 1.807) is 0 Å². The maximum absolute atomic E-state index is 12.6. The standard InChI is InChI=1S/C17H25N3O/c1-2-19-10-8-14(9-11-19)12-20-13-18-16(17(20)21)15-6-4-3-5-7-15/h3-7,14,16,18H,2,8-13H2,1H3. The number of piperidine rings is 1. The van der Waals surface area contributed by atoms with Crippen LogP contribution >= 0.6 is 0 Å². The van der Waals surface area contributed by atoms with Gasteiger partial charge in [-0.1, -0.05) is 37.3 Å². The Morgan fingerprint density at radius 2 is 1.90 bits per heavy atom. The fourth-order valence-electron chi connectivity index (χ4n) is 3.41. The van der Waals surface area contributed by atoms with E-state index in [1.807, 2.05) is 35.2 Å². The van der Waals surface area contributed by atoms with Gasteiger partial charge < -0.3 is 9.80 Å². The highest BCUT2D eigenvalue weighted by atomic mass is 16.2. The normalized spacial score (nSPS) is 24.7. The van der Waals surface area contributed by atoms with Gasteiger partial charge in [-0.3, -0.25) is 10.1 Å². The van der Waals surface area contributed by atoms with E-state index in [2.05, 4.69) is 17.1 Å². The van der Waals surface area contributed by atoms with E-state index in [4.69, 9.17) is 0 Å². The number of nitrogens with zero attached hydrogens (tertiary/aromatic N) is 2. The van der Waals surface area contributed by atoms with Gasteiger partial charge in [0.2, 0.25) is 5.91 Å². The molecule has 0 aliphatic carbocycles. The fourth-order valence-corrected chi connectivity index (χ4v) is 3.41. The SMILES string of the molecule is CCN1CCC(CN2CNC(c3ccccc3)C2=O)CC1. The summed E-state index contributed by atoms with van der Waals surface area (Å²) in [6.45, 7) is 7.32. The van der Waals surface area contributed by atoms with Crippen LogP contribution in [0.3, 0.4) is 0 Å². The molecular formula is C17H25N3O. The van der Waals surface area contributed by atoms with Crippen molar-refractivity contribution in [2.75, 3.05) is 32.8 Å². The lowest BCUT2D eigenvalue weighted by atomic mass is 9.96. The number of benzene rings is 1. The monoisotopic (exact) mass is 287 g/mol. The molecule has 4 heteroatoms. The first-order chi connectivity index (χ1) is 10.3. The Balaban J connectivity index is 1.55. The van der Waals surface area contributed by atoms with E-state index in [1.165, 1.54) is 25.9 Å². The average Bonchev–Trinajstić information content (AvgIpc) is 2.90. The summed E-state index contributed by atoms with van der Waals surface area (Å²) in [7, 11) is 0. The van der Waals surface area contributed by atoms with Crippen LogP contribution in [0, 0.1) is 5.92 Å². The van der Waals surface area contributed by atoms with Crippen molar-refractivity contribution in [1.82, 2.24) is 15.1 Å². The number of likely N-dealkylation sites (tertiary alicyclic amines) is 1. The first-order valence-corrected chi connectivity index (χ1v) is 8.07. The van der Waals surface area contributed by atoms with Crippen molar-refractivity contribution >= 4 is 5.91 Å². The minimum absolute atomic E-state index is 0.151. The maximum atomic E-state index is 12.6. The Bertz CT molecular complexity index is 468. The zero-order chi connectivity index (χ0) is 14.7. The van der Waals surface area contributed by atoms with Gasteiger partial charge in [-0.15, -0.1) is 0 Å². The molecule has 2 aliphatic heterocycles. The molecule has 3 rings (SSSR count). The van der Waals surface area contributed by atoms with Crippen LogP contribution in [0.5, 0.6) is 0 Å². The second kappa shape index (κ2) is 6.58. The highest BCUT2D eigenvalue weighted by Gasteiger charge is 2.33. The lowest BCUT2D eigenvalue weighted by molar-refractivity contribution is -0.129. The molecular weight excluding hydrogens is 262 g/mol. The summed E-state index contributed by atoms with van der Waals surface area (Å²) in [5.41, 5.74) is 1.07. The molecule has 0 spiro atoms. The van der Waals surface area contributed by atoms with Gasteiger partial charge in [-0.05, 0) is 44.0 Å². The van der Waals surface area contributed by atoms with Crippen LogP contribution in [0.2, 0.25) is 0 Å². The Morgan fingerprint density at radius 1 is 1.19 bits per heavy atom. The molecule has 1 aromatic rings. The molecule has 1 N–H and O–H groups in total. The van der Waals surface area contributed by atoms with E-state index in [-0.39, 0.29) is 11.9 Å². The molecule has 1 amide bonds. The largest absolute Gasteiger partial charge is 0.328 e.